The molecule has 0 aliphatic carbocycles. The van der Waals surface area contributed by atoms with Crippen LogP contribution in [0.4, 0.5) is 8.78 Å². The van der Waals surface area contributed by atoms with Gasteiger partial charge in [-0.3, -0.25) is 0 Å². The third kappa shape index (κ3) is 4.70. The van der Waals surface area contributed by atoms with Crippen molar-refractivity contribution in [3.05, 3.63) is 48.1 Å². The first-order valence-corrected chi connectivity index (χ1v) is 4.99. The van der Waals surface area contributed by atoms with Crippen LogP contribution in [0, 0.1) is 11.6 Å². The summed E-state index contributed by atoms with van der Waals surface area (Å²) in [5.74, 6) is -1.04. The van der Waals surface area contributed by atoms with Crippen molar-refractivity contribution in [1.29, 1.82) is 0 Å². The maximum atomic E-state index is 12.8. The molecule has 0 heterocycles. The van der Waals surface area contributed by atoms with Crippen molar-refractivity contribution in [2.75, 3.05) is 13.1 Å². The largest absolute Gasteiger partial charge is 0.316 e. The van der Waals surface area contributed by atoms with Gasteiger partial charge in [0.25, 0.3) is 0 Å². The van der Waals surface area contributed by atoms with Gasteiger partial charge in [-0.15, -0.1) is 6.58 Å². The minimum atomic E-state index is -0.518. The van der Waals surface area contributed by atoms with Crippen molar-refractivity contribution in [2.24, 2.45) is 0 Å². The van der Waals surface area contributed by atoms with Gasteiger partial charge in [-0.1, -0.05) is 6.08 Å². The van der Waals surface area contributed by atoms with Gasteiger partial charge in [-0.05, 0) is 43.6 Å². The van der Waals surface area contributed by atoms with Crippen LogP contribution in [0.5, 0.6) is 0 Å². The van der Waals surface area contributed by atoms with Crippen LogP contribution < -0.4 is 5.32 Å². The fourth-order valence-corrected chi connectivity index (χ4v) is 1.32. The molecule has 15 heavy (non-hydrogen) atoms. The molecule has 3 heteroatoms. The number of rotatable bonds is 6. The average molecular weight is 211 g/mol. The number of nitrogens with one attached hydrogen (secondary N) is 1. The van der Waals surface area contributed by atoms with Crippen LogP contribution in [-0.2, 0) is 6.42 Å². The molecule has 0 bridgehead atoms. The molecule has 0 amide bonds. The molecular formula is C12H15F2N. The van der Waals surface area contributed by atoms with E-state index in [0.29, 0.717) is 12.0 Å². The molecule has 1 aromatic carbocycles. The second kappa shape index (κ2) is 6.30. The number of hydrogen-bond donors (Lipinski definition) is 1. The molecule has 1 nitrogen and oxygen atoms in total. The lowest BCUT2D eigenvalue weighted by molar-refractivity contribution is 0.578. The standard InChI is InChI=1S/C12H15F2N/c1-2-3-5-15-6-4-10-7-11(13)9-12(14)8-10/h2,7-9,15H,1,3-6H2. The van der Waals surface area contributed by atoms with Crippen molar-refractivity contribution in [3.8, 4) is 0 Å². The molecule has 0 aliphatic heterocycles. The quantitative estimate of drug-likeness (QED) is 0.563. The Morgan fingerprint density at radius 2 is 1.80 bits per heavy atom. The van der Waals surface area contributed by atoms with Gasteiger partial charge >= 0.3 is 0 Å². The van der Waals surface area contributed by atoms with E-state index in [1.54, 1.807) is 0 Å². The zero-order valence-corrected chi connectivity index (χ0v) is 8.60. The van der Waals surface area contributed by atoms with Crippen LogP contribution in [-0.4, -0.2) is 13.1 Å². The van der Waals surface area contributed by atoms with Gasteiger partial charge in [-0.2, -0.15) is 0 Å². The lowest BCUT2D eigenvalue weighted by Gasteiger charge is -2.03. The van der Waals surface area contributed by atoms with E-state index in [1.807, 2.05) is 6.08 Å². The number of benzene rings is 1. The smallest absolute Gasteiger partial charge is 0.126 e. The number of hydrogen-bond acceptors (Lipinski definition) is 1. The third-order valence-corrected chi connectivity index (χ3v) is 2.04. The van der Waals surface area contributed by atoms with Gasteiger partial charge in [0, 0.05) is 6.07 Å². The highest BCUT2D eigenvalue weighted by Crippen LogP contribution is 2.07. The van der Waals surface area contributed by atoms with Gasteiger partial charge < -0.3 is 5.32 Å². The van der Waals surface area contributed by atoms with E-state index in [-0.39, 0.29) is 0 Å². The Labute approximate surface area is 88.8 Å². The summed E-state index contributed by atoms with van der Waals surface area (Å²) < 4.78 is 25.6. The molecule has 1 N–H and O–H groups in total. The maximum absolute atomic E-state index is 12.8. The highest BCUT2D eigenvalue weighted by molar-refractivity contribution is 5.18. The van der Waals surface area contributed by atoms with Gasteiger partial charge in [0.05, 0.1) is 0 Å². The summed E-state index contributed by atoms with van der Waals surface area (Å²) in [5.41, 5.74) is 0.679. The van der Waals surface area contributed by atoms with E-state index in [2.05, 4.69) is 11.9 Å². The summed E-state index contributed by atoms with van der Waals surface area (Å²) in [5, 5.41) is 3.16. The fraction of sp³-hybridized carbons (Fsp3) is 0.333. The summed E-state index contributed by atoms with van der Waals surface area (Å²) in [6, 6.07) is 3.60. The first-order chi connectivity index (χ1) is 7.22. The molecule has 0 unspecified atom stereocenters. The van der Waals surface area contributed by atoms with Gasteiger partial charge in [-0.25, -0.2) is 8.78 Å². The Morgan fingerprint density at radius 1 is 1.13 bits per heavy atom. The zero-order chi connectivity index (χ0) is 11.1. The third-order valence-electron chi connectivity index (χ3n) is 2.04. The Balaban J connectivity index is 2.33. The molecule has 1 rings (SSSR count). The van der Waals surface area contributed by atoms with Crippen molar-refractivity contribution >= 4 is 0 Å². The summed E-state index contributed by atoms with van der Waals surface area (Å²) in [6.07, 6.45) is 3.36. The zero-order valence-electron chi connectivity index (χ0n) is 8.60. The molecule has 0 aliphatic rings. The van der Waals surface area contributed by atoms with Crippen molar-refractivity contribution in [2.45, 2.75) is 12.8 Å². The van der Waals surface area contributed by atoms with Gasteiger partial charge in [0.1, 0.15) is 11.6 Å². The number of halogens is 2. The molecule has 0 radical (unpaired) electrons. The van der Waals surface area contributed by atoms with E-state index < -0.39 is 11.6 Å². The maximum Gasteiger partial charge on any atom is 0.126 e. The van der Waals surface area contributed by atoms with E-state index >= 15 is 0 Å². The SMILES string of the molecule is C=CCCNCCc1cc(F)cc(F)c1. The van der Waals surface area contributed by atoms with Crippen molar-refractivity contribution in [1.82, 2.24) is 5.32 Å². The highest BCUT2D eigenvalue weighted by Gasteiger charge is 1.99. The Morgan fingerprint density at radius 3 is 2.40 bits per heavy atom. The highest BCUT2D eigenvalue weighted by atomic mass is 19.1. The van der Waals surface area contributed by atoms with Crippen LogP contribution in [0.25, 0.3) is 0 Å². The molecular weight excluding hydrogens is 196 g/mol. The van der Waals surface area contributed by atoms with Crippen LogP contribution in [0.2, 0.25) is 0 Å². The summed E-state index contributed by atoms with van der Waals surface area (Å²) in [7, 11) is 0. The van der Waals surface area contributed by atoms with Gasteiger partial charge in [0.15, 0.2) is 0 Å². The molecule has 0 atom stereocenters. The Hall–Kier alpha value is -1.22. The minimum absolute atomic E-state index is 0.518. The predicted molar refractivity (Wildman–Crippen MR) is 57.7 cm³/mol. The molecule has 1 aromatic rings. The molecule has 0 spiro atoms. The minimum Gasteiger partial charge on any atom is -0.316 e. The second-order valence-electron chi connectivity index (χ2n) is 3.36. The monoisotopic (exact) mass is 211 g/mol. The molecule has 0 saturated carbocycles. The van der Waals surface area contributed by atoms with E-state index in [0.717, 1.165) is 25.6 Å². The van der Waals surface area contributed by atoms with Crippen LogP contribution in [0.3, 0.4) is 0 Å². The Kier molecular flexibility index (Phi) is 4.98. The van der Waals surface area contributed by atoms with Crippen molar-refractivity contribution in [3.63, 3.8) is 0 Å². The van der Waals surface area contributed by atoms with E-state index in [9.17, 15) is 8.78 Å². The van der Waals surface area contributed by atoms with E-state index in [1.165, 1.54) is 12.1 Å². The predicted octanol–water partition coefficient (Wildman–Crippen LogP) is 2.67. The fourth-order valence-electron chi connectivity index (χ4n) is 1.32. The van der Waals surface area contributed by atoms with Gasteiger partial charge in [0.2, 0.25) is 0 Å². The molecule has 0 saturated heterocycles. The molecule has 0 fully saturated rings. The van der Waals surface area contributed by atoms with E-state index in [4.69, 9.17) is 0 Å². The molecule has 0 aromatic heterocycles. The lowest BCUT2D eigenvalue weighted by Crippen LogP contribution is -2.18. The van der Waals surface area contributed by atoms with Crippen LogP contribution in [0.1, 0.15) is 12.0 Å². The Bertz CT molecular complexity index is 303. The summed E-state index contributed by atoms with van der Waals surface area (Å²) >= 11 is 0. The van der Waals surface area contributed by atoms with Crippen LogP contribution in [0.15, 0.2) is 30.9 Å². The first kappa shape index (κ1) is 11.9. The summed E-state index contributed by atoms with van der Waals surface area (Å²) in [6.45, 7) is 5.17. The average Bonchev–Trinajstić information content (AvgIpc) is 2.16. The van der Waals surface area contributed by atoms with Crippen molar-refractivity contribution < 1.29 is 8.78 Å². The summed E-state index contributed by atoms with van der Waals surface area (Å²) in [4.78, 5) is 0. The van der Waals surface area contributed by atoms with Crippen LogP contribution >= 0.6 is 0 Å². The second-order valence-corrected chi connectivity index (χ2v) is 3.36. The topological polar surface area (TPSA) is 12.0 Å². The normalized spacial score (nSPS) is 10.3. The lowest BCUT2D eigenvalue weighted by atomic mass is 10.1. The molecule has 82 valence electrons. The first-order valence-electron chi connectivity index (χ1n) is 4.99.